The number of hydrogen-bond donors (Lipinski definition) is 1. The molecule has 29 heavy (non-hydrogen) atoms. The number of ketones is 1. The van der Waals surface area contributed by atoms with E-state index in [-0.39, 0.29) is 11.7 Å². The van der Waals surface area contributed by atoms with Crippen molar-refractivity contribution in [2.75, 3.05) is 32.7 Å². The summed E-state index contributed by atoms with van der Waals surface area (Å²) < 4.78 is 0. The Morgan fingerprint density at radius 3 is 2.66 bits per heavy atom. The Bertz CT molecular complexity index is 682. The van der Waals surface area contributed by atoms with E-state index in [1.807, 2.05) is 18.2 Å². The van der Waals surface area contributed by atoms with E-state index in [0.717, 1.165) is 57.5 Å². The van der Waals surface area contributed by atoms with Gasteiger partial charge in [0.1, 0.15) is 0 Å². The van der Waals surface area contributed by atoms with E-state index < -0.39 is 0 Å². The lowest BCUT2D eigenvalue weighted by atomic mass is 9.91. The van der Waals surface area contributed by atoms with Crippen molar-refractivity contribution in [3.63, 3.8) is 0 Å². The number of carbonyl (C=O) groups excluding carboxylic acids is 2. The van der Waals surface area contributed by atoms with E-state index in [1.165, 1.54) is 24.9 Å². The number of benzene rings is 1. The van der Waals surface area contributed by atoms with Crippen molar-refractivity contribution in [3.8, 4) is 0 Å². The van der Waals surface area contributed by atoms with Crippen LogP contribution in [0.3, 0.4) is 0 Å². The summed E-state index contributed by atoms with van der Waals surface area (Å²) >= 11 is 0. The molecular formula is C24H37N3O2. The highest BCUT2D eigenvalue weighted by molar-refractivity contribution is 5.94. The molecule has 0 aromatic heterocycles. The summed E-state index contributed by atoms with van der Waals surface area (Å²) in [6.07, 6.45) is 6.44. The van der Waals surface area contributed by atoms with Gasteiger partial charge in [0.15, 0.2) is 5.78 Å². The summed E-state index contributed by atoms with van der Waals surface area (Å²) in [6.45, 7) is 9.94. The van der Waals surface area contributed by atoms with Crippen molar-refractivity contribution < 1.29 is 9.59 Å². The van der Waals surface area contributed by atoms with Gasteiger partial charge in [-0.2, -0.15) is 0 Å². The zero-order valence-electron chi connectivity index (χ0n) is 18.2. The first-order valence-corrected chi connectivity index (χ1v) is 11.4. The molecule has 2 saturated heterocycles. The summed E-state index contributed by atoms with van der Waals surface area (Å²) in [5, 5.41) is 3.17. The molecule has 2 aliphatic rings. The van der Waals surface area contributed by atoms with Crippen LogP contribution in [0.4, 0.5) is 0 Å². The minimum atomic E-state index is 0.124. The number of rotatable bonds is 9. The molecule has 2 fully saturated rings. The first-order chi connectivity index (χ1) is 14.0. The average Bonchev–Trinajstić information content (AvgIpc) is 3.19. The maximum Gasteiger partial charge on any atom is 0.220 e. The highest BCUT2D eigenvalue weighted by Gasteiger charge is 2.24. The van der Waals surface area contributed by atoms with Crippen LogP contribution in [-0.2, 0) is 11.3 Å². The predicted octanol–water partition coefficient (Wildman–Crippen LogP) is 3.48. The molecule has 0 spiro atoms. The zero-order chi connectivity index (χ0) is 20.6. The van der Waals surface area contributed by atoms with Crippen LogP contribution in [0.15, 0.2) is 24.3 Å². The topological polar surface area (TPSA) is 52.7 Å². The molecular weight excluding hydrogens is 362 g/mol. The van der Waals surface area contributed by atoms with Crippen molar-refractivity contribution >= 4 is 11.7 Å². The molecule has 0 bridgehead atoms. The molecule has 1 atom stereocenters. The van der Waals surface area contributed by atoms with Crippen LogP contribution >= 0.6 is 0 Å². The Morgan fingerprint density at radius 1 is 1.14 bits per heavy atom. The van der Waals surface area contributed by atoms with Gasteiger partial charge in [-0.3, -0.25) is 19.4 Å². The highest BCUT2D eigenvalue weighted by Crippen LogP contribution is 2.23. The standard InChI is InChI=1S/C24H37N3O2/c1-3-27-13-5-8-23(27)17-25-24(29)10-9-20-11-14-26(15-12-20)18-21-6-4-7-22(16-21)19(2)28/h4,6-7,16,20,23H,3,5,8-15,17-18H2,1-2H3,(H,25,29). The van der Waals surface area contributed by atoms with Gasteiger partial charge in [-0.05, 0) is 82.8 Å². The van der Waals surface area contributed by atoms with Crippen molar-refractivity contribution in [1.82, 2.24) is 15.1 Å². The monoisotopic (exact) mass is 399 g/mol. The molecule has 0 saturated carbocycles. The Morgan fingerprint density at radius 2 is 1.93 bits per heavy atom. The fraction of sp³-hybridized carbons (Fsp3) is 0.667. The third-order valence-corrected chi connectivity index (χ3v) is 6.67. The summed E-state index contributed by atoms with van der Waals surface area (Å²) in [5.41, 5.74) is 2.01. The molecule has 0 radical (unpaired) electrons. The molecule has 1 N–H and O–H groups in total. The quantitative estimate of drug-likeness (QED) is 0.646. The van der Waals surface area contributed by atoms with E-state index in [0.29, 0.717) is 18.4 Å². The van der Waals surface area contributed by atoms with Gasteiger partial charge in [0.2, 0.25) is 5.91 Å². The lowest BCUT2D eigenvalue weighted by Crippen LogP contribution is -2.40. The summed E-state index contributed by atoms with van der Waals surface area (Å²) in [5.74, 6) is 0.995. The summed E-state index contributed by atoms with van der Waals surface area (Å²) in [7, 11) is 0. The first kappa shape index (κ1) is 22.0. The predicted molar refractivity (Wildman–Crippen MR) is 117 cm³/mol. The number of likely N-dealkylation sites (N-methyl/N-ethyl adjacent to an activating group) is 1. The second-order valence-corrected chi connectivity index (χ2v) is 8.74. The lowest BCUT2D eigenvalue weighted by Gasteiger charge is -2.32. The van der Waals surface area contributed by atoms with E-state index in [4.69, 9.17) is 0 Å². The van der Waals surface area contributed by atoms with Gasteiger partial charge < -0.3 is 5.32 Å². The maximum atomic E-state index is 12.3. The van der Waals surface area contributed by atoms with E-state index in [2.05, 4.69) is 28.1 Å². The second-order valence-electron chi connectivity index (χ2n) is 8.74. The molecule has 5 nitrogen and oxygen atoms in total. The largest absolute Gasteiger partial charge is 0.355 e. The normalized spacial score (nSPS) is 21.4. The van der Waals surface area contributed by atoms with E-state index >= 15 is 0 Å². The molecule has 3 rings (SSSR count). The molecule has 160 valence electrons. The smallest absolute Gasteiger partial charge is 0.220 e. The van der Waals surface area contributed by atoms with Gasteiger partial charge in [0.05, 0.1) is 0 Å². The van der Waals surface area contributed by atoms with Gasteiger partial charge in [-0.15, -0.1) is 0 Å². The second kappa shape index (κ2) is 10.9. The zero-order valence-corrected chi connectivity index (χ0v) is 18.2. The number of carbonyl (C=O) groups is 2. The number of nitrogens with one attached hydrogen (secondary N) is 1. The fourth-order valence-electron chi connectivity index (χ4n) is 4.78. The van der Waals surface area contributed by atoms with Crippen LogP contribution in [0.1, 0.15) is 68.3 Å². The number of amides is 1. The van der Waals surface area contributed by atoms with Crippen LogP contribution in [0.5, 0.6) is 0 Å². The average molecular weight is 400 g/mol. The number of likely N-dealkylation sites (tertiary alicyclic amines) is 2. The third kappa shape index (κ3) is 6.65. The SMILES string of the molecule is CCN1CCCC1CNC(=O)CCC1CCN(Cc2cccc(C(C)=O)c2)CC1. The van der Waals surface area contributed by atoms with Gasteiger partial charge in [0, 0.05) is 31.1 Å². The van der Waals surface area contributed by atoms with Crippen LogP contribution in [0, 0.1) is 5.92 Å². The molecule has 2 heterocycles. The van der Waals surface area contributed by atoms with Crippen molar-refractivity contribution in [2.24, 2.45) is 5.92 Å². The van der Waals surface area contributed by atoms with Crippen LogP contribution in [0.2, 0.25) is 0 Å². The van der Waals surface area contributed by atoms with Crippen LogP contribution in [0.25, 0.3) is 0 Å². The summed E-state index contributed by atoms with van der Waals surface area (Å²) in [6, 6.07) is 8.52. The molecule has 1 aromatic rings. The minimum absolute atomic E-state index is 0.124. The lowest BCUT2D eigenvalue weighted by molar-refractivity contribution is -0.121. The van der Waals surface area contributed by atoms with Crippen molar-refractivity contribution in [2.45, 2.75) is 65.0 Å². The summed E-state index contributed by atoms with van der Waals surface area (Å²) in [4.78, 5) is 28.8. The molecule has 5 heteroatoms. The number of Topliss-reactive ketones (excluding diaryl/α,β-unsaturated/α-hetero) is 1. The molecule has 1 unspecified atom stereocenters. The molecule has 1 aromatic carbocycles. The minimum Gasteiger partial charge on any atom is -0.355 e. The van der Waals surface area contributed by atoms with Gasteiger partial charge >= 0.3 is 0 Å². The van der Waals surface area contributed by atoms with Crippen molar-refractivity contribution in [1.29, 1.82) is 0 Å². The Labute approximate surface area is 175 Å². The van der Waals surface area contributed by atoms with Gasteiger partial charge in [-0.1, -0.05) is 25.1 Å². The number of nitrogens with zero attached hydrogens (tertiary/aromatic N) is 2. The van der Waals surface area contributed by atoms with Crippen LogP contribution < -0.4 is 5.32 Å². The number of hydrogen-bond acceptors (Lipinski definition) is 4. The third-order valence-electron chi connectivity index (χ3n) is 6.67. The van der Waals surface area contributed by atoms with E-state index in [9.17, 15) is 9.59 Å². The number of piperidine rings is 1. The Kier molecular flexibility index (Phi) is 8.25. The van der Waals surface area contributed by atoms with Gasteiger partial charge in [0.25, 0.3) is 0 Å². The Balaban J connectivity index is 1.33. The van der Waals surface area contributed by atoms with Crippen LogP contribution in [-0.4, -0.2) is 60.3 Å². The molecule has 2 aliphatic heterocycles. The first-order valence-electron chi connectivity index (χ1n) is 11.4. The van der Waals surface area contributed by atoms with E-state index in [1.54, 1.807) is 6.92 Å². The fourth-order valence-corrected chi connectivity index (χ4v) is 4.78. The van der Waals surface area contributed by atoms with Gasteiger partial charge in [-0.25, -0.2) is 0 Å². The molecule has 1 amide bonds. The van der Waals surface area contributed by atoms with Crippen molar-refractivity contribution in [3.05, 3.63) is 35.4 Å². The Hall–Kier alpha value is -1.72. The highest BCUT2D eigenvalue weighted by atomic mass is 16.1. The molecule has 0 aliphatic carbocycles. The maximum absolute atomic E-state index is 12.3.